The summed E-state index contributed by atoms with van der Waals surface area (Å²) < 4.78 is 12.4. The Hall–Kier alpha value is -2.66. The molecule has 10 heteroatoms. The molecule has 4 rings (SSSR count). The second-order valence-corrected chi connectivity index (χ2v) is 9.98. The van der Waals surface area contributed by atoms with Crippen molar-refractivity contribution in [3.8, 4) is 11.5 Å². The Morgan fingerprint density at radius 2 is 1.06 bits per heavy atom. The van der Waals surface area contributed by atoms with Gasteiger partial charge in [0.15, 0.2) is 0 Å². The average molecular weight is 501 g/mol. The van der Waals surface area contributed by atoms with E-state index >= 15 is 0 Å². The SMILES string of the molecule is O=C1NC(=S)S/C1=C\c1ccc(OCCOc2ccc(/C=C3\SC(=S)NC3=O)cc2)cc1. The molecule has 2 amide bonds. The van der Waals surface area contributed by atoms with Gasteiger partial charge in [0, 0.05) is 0 Å². The molecule has 2 aromatic carbocycles. The van der Waals surface area contributed by atoms with Crippen LogP contribution in [0.4, 0.5) is 0 Å². The van der Waals surface area contributed by atoms with Crippen LogP contribution in [0.5, 0.6) is 11.5 Å². The molecule has 2 aliphatic heterocycles. The zero-order valence-electron chi connectivity index (χ0n) is 16.5. The van der Waals surface area contributed by atoms with Crippen LogP contribution in [-0.2, 0) is 9.59 Å². The van der Waals surface area contributed by atoms with Crippen molar-refractivity contribution in [2.75, 3.05) is 13.2 Å². The first kappa shape index (κ1) is 22.5. The van der Waals surface area contributed by atoms with Crippen molar-refractivity contribution < 1.29 is 19.1 Å². The Morgan fingerprint density at radius 3 is 1.38 bits per heavy atom. The molecule has 0 atom stereocenters. The van der Waals surface area contributed by atoms with Gasteiger partial charge in [0.25, 0.3) is 11.8 Å². The van der Waals surface area contributed by atoms with E-state index in [9.17, 15) is 9.59 Å². The number of ether oxygens (including phenoxy) is 2. The zero-order valence-corrected chi connectivity index (χ0v) is 19.7. The highest BCUT2D eigenvalue weighted by Crippen LogP contribution is 2.27. The monoisotopic (exact) mass is 500 g/mol. The molecule has 2 saturated heterocycles. The number of hydrogen-bond acceptors (Lipinski definition) is 8. The summed E-state index contributed by atoms with van der Waals surface area (Å²) in [6.07, 6.45) is 3.58. The standard InChI is InChI=1S/C22H16N2O4S4/c25-19-17(31-21(29)23-19)11-13-1-5-15(6-2-13)27-9-10-28-16-7-3-14(4-8-16)12-18-20(26)24-22(30)32-18/h1-8,11-12H,9-10H2,(H,23,25,29)(H,24,26,30)/b17-11-,18-12-. The molecule has 0 aromatic heterocycles. The highest BCUT2D eigenvalue weighted by atomic mass is 32.2. The molecular formula is C22H16N2O4S4. The van der Waals surface area contributed by atoms with Crippen LogP contribution in [0.2, 0.25) is 0 Å². The smallest absolute Gasteiger partial charge is 0.263 e. The summed E-state index contributed by atoms with van der Waals surface area (Å²) in [7, 11) is 0. The van der Waals surface area contributed by atoms with Gasteiger partial charge in [0.1, 0.15) is 33.4 Å². The van der Waals surface area contributed by atoms with Crippen LogP contribution in [0, 0.1) is 0 Å². The zero-order chi connectivity index (χ0) is 22.5. The third-order valence-electron chi connectivity index (χ3n) is 4.26. The number of hydrogen-bond donors (Lipinski definition) is 2. The summed E-state index contributed by atoms with van der Waals surface area (Å²) in [6, 6.07) is 14.9. The fraction of sp³-hybridized carbons (Fsp3) is 0.0909. The topological polar surface area (TPSA) is 76.7 Å². The summed E-state index contributed by atoms with van der Waals surface area (Å²) in [5, 5.41) is 5.19. The molecule has 2 aromatic rings. The Kier molecular flexibility index (Phi) is 7.26. The van der Waals surface area contributed by atoms with Crippen molar-refractivity contribution in [1.29, 1.82) is 0 Å². The lowest BCUT2D eigenvalue weighted by atomic mass is 10.2. The van der Waals surface area contributed by atoms with Crippen LogP contribution in [-0.4, -0.2) is 33.7 Å². The number of amides is 2. The van der Waals surface area contributed by atoms with Gasteiger partial charge >= 0.3 is 0 Å². The van der Waals surface area contributed by atoms with E-state index < -0.39 is 0 Å². The van der Waals surface area contributed by atoms with Crippen molar-refractivity contribution in [2.45, 2.75) is 0 Å². The third kappa shape index (κ3) is 5.98. The van der Waals surface area contributed by atoms with E-state index in [-0.39, 0.29) is 11.8 Å². The van der Waals surface area contributed by atoms with Gasteiger partial charge in [-0.05, 0) is 47.5 Å². The molecule has 6 nitrogen and oxygen atoms in total. The predicted molar refractivity (Wildman–Crippen MR) is 136 cm³/mol. The normalized spacial score (nSPS) is 18.2. The minimum atomic E-state index is -0.172. The van der Waals surface area contributed by atoms with Gasteiger partial charge in [0.2, 0.25) is 0 Å². The quantitative estimate of drug-likeness (QED) is 0.334. The number of thiocarbonyl (C=S) groups is 2. The Balaban J connectivity index is 1.23. The lowest BCUT2D eigenvalue weighted by Gasteiger charge is -2.09. The highest BCUT2D eigenvalue weighted by molar-refractivity contribution is 8.27. The molecule has 2 heterocycles. The second-order valence-electron chi connectivity index (χ2n) is 6.54. The fourth-order valence-corrected chi connectivity index (χ4v) is 4.87. The van der Waals surface area contributed by atoms with Crippen molar-refractivity contribution in [2.24, 2.45) is 0 Å². The predicted octanol–water partition coefficient (Wildman–Crippen LogP) is 4.12. The molecular weight excluding hydrogens is 485 g/mol. The Labute approximate surface area is 203 Å². The van der Waals surface area contributed by atoms with Gasteiger partial charge < -0.3 is 20.1 Å². The van der Waals surface area contributed by atoms with Gasteiger partial charge in [-0.25, -0.2) is 0 Å². The van der Waals surface area contributed by atoms with E-state index in [1.807, 2.05) is 48.5 Å². The van der Waals surface area contributed by atoms with Gasteiger partial charge in [-0.2, -0.15) is 0 Å². The minimum Gasteiger partial charge on any atom is -0.490 e. The van der Waals surface area contributed by atoms with E-state index in [1.165, 1.54) is 23.5 Å². The first-order chi connectivity index (χ1) is 15.5. The lowest BCUT2D eigenvalue weighted by molar-refractivity contribution is -0.116. The minimum absolute atomic E-state index is 0.172. The van der Waals surface area contributed by atoms with Gasteiger partial charge in [-0.1, -0.05) is 72.2 Å². The maximum Gasteiger partial charge on any atom is 0.263 e. The molecule has 0 spiro atoms. The van der Waals surface area contributed by atoms with Crippen LogP contribution < -0.4 is 20.1 Å². The van der Waals surface area contributed by atoms with Crippen LogP contribution in [0.25, 0.3) is 12.2 Å². The van der Waals surface area contributed by atoms with E-state index in [4.69, 9.17) is 33.9 Å². The number of nitrogens with one attached hydrogen (secondary N) is 2. The molecule has 2 N–H and O–H groups in total. The number of carbonyl (C=O) groups excluding carboxylic acids is 2. The molecule has 162 valence electrons. The highest BCUT2D eigenvalue weighted by Gasteiger charge is 2.22. The van der Waals surface area contributed by atoms with Crippen molar-refractivity contribution in [1.82, 2.24) is 10.6 Å². The Morgan fingerprint density at radius 1 is 0.688 bits per heavy atom. The molecule has 0 bridgehead atoms. The van der Waals surface area contributed by atoms with Crippen LogP contribution in [0.1, 0.15) is 11.1 Å². The number of carbonyl (C=O) groups is 2. The third-order valence-corrected chi connectivity index (χ3v) is 6.59. The summed E-state index contributed by atoms with van der Waals surface area (Å²) in [5.74, 6) is 1.08. The Bertz CT molecular complexity index is 1050. The molecule has 2 fully saturated rings. The van der Waals surface area contributed by atoms with Crippen molar-refractivity contribution >= 4 is 80.6 Å². The van der Waals surface area contributed by atoms with E-state index in [0.717, 1.165) is 11.1 Å². The first-order valence-corrected chi connectivity index (χ1v) is 11.9. The van der Waals surface area contributed by atoms with E-state index in [0.29, 0.717) is 43.2 Å². The first-order valence-electron chi connectivity index (χ1n) is 9.42. The van der Waals surface area contributed by atoms with Gasteiger partial charge in [0.05, 0.1) is 9.81 Å². The largest absolute Gasteiger partial charge is 0.490 e. The van der Waals surface area contributed by atoms with E-state index in [2.05, 4.69) is 10.6 Å². The van der Waals surface area contributed by atoms with E-state index in [1.54, 1.807) is 12.2 Å². The maximum atomic E-state index is 11.7. The van der Waals surface area contributed by atoms with Gasteiger partial charge in [-0.3, -0.25) is 9.59 Å². The van der Waals surface area contributed by atoms with Crippen LogP contribution in [0.3, 0.4) is 0 Å². The summed E-state index contributed by atoms with van der Waals surface area (Å²) in [6.45, 7) is 0.764. The second kappa shape index (κ2) is 10.3. The average Bonchev–Trinajstić information content (AvgIpc) is 3.26. The molecule has 0 saturated carbocycles. The summed E-state index contributed by atoms with van der Waals surface area (Å²) in [4.78, 5) is 24.6. The number of thioether (sulfide) groups is 2. The summed E-state index contributed by atoms with van der Waals surface area (Å²) in [5.41, 5.74) is 1.78. The molecule has 0 unspecified atom stereocenters. The van der Waals surface area contributed by atoms with Crippen molar-refractivity contribution in [3.63, 3.8) is 0 Å². The van der Waals surface area contributed by atoms with Crippen LogP contribution >= 0.6 is 48.0 Å². The lowest BCUT2D eigenvalue weighted by Crippen LogP contribution is -2.17. The van der Waals surface area contributed by atoms with Crippen molar-refractivity contribution in [3.05, 3.63) is 69.5 Å². The van der Waals surface area contributed by atoms with Gasteiger partial charge in [-0.15, -0.1) is 0 Å². The molecule has 2 aliphatic rings. The maximum absolute atomic E-state index is 11.7. The van der Waals surface area contributed by atoms with Crippen LogP contribution in [0.15, 0.2) is 58.3 Å². The fourth-order valence-electron chi connectivity index (χ4n) is 2.78. The summed E-state index contributed by atoms with van der Waals surface area (Å²) >= 11 is 12.5. The molecule has 0 radical (unpaired) electrons. The molecule has 32 heavy (non-hydrogen) atoms. The number of benzene rings is 2. The molecule has 0 aliphatic carbocycles. The number of rotatable bonds is 7.